The summed E-state index contributed by atoms with van der Waals surface area (Å²) < 4.78 is 16.0. The second kappa shape index (κ2) is 9.84. The molecule has 28 heavy (non-hydrogen) atoms. The lowest BCUT2D eigenvalue weighted by atomic mass is 10.1. The van der Waals surface area contributed by atoms with E-state index in [0.29, 0.717) is 35.3 Å². The highest BCUT2D eigenvalue weighted by Gasteiger charge is 2.41. The van der Waals surface area contributed by atoms with Crippen LogP contribution in [0.25, 0.3) is 6.08 Å². The number of imide groups is 1. The van der Waals surface area contributed by atoms with Gasteiger partial charge in [0.2, 0.25) is 0 Å². The lowest BCUT2D eigenvalue weighted by Gasteiger charge is -2.19. The van der Waals surface area contributed by atoms with Gasteiger partial charge in [0.15, 0.2) is 11.5 Å². The van der Waals surface area contributed by atoms with Gasteiger partial charge >= 0.3 is 5.97 Å². The van der Waals surface area contributed by atoms with E-state index in [-0.39, 0.29) is 11.5 Å². The number of carbonyl (C=O) groups is 3. The van der Waals surface area contributed by atoms with Crippen molar-refractivity contribution in [2.45, 2.75) is 33.7 Å². The molecule has 7 nitrogen and oxygen atoms in total. The van der Waals surface area contributed by atoms with Crippen molar-refractivity contribution in [2.24, 2.45) is 0 Å². The van der Waals surface area contributed by atoms with Gasteiger partial charge < -0.3 is 14.2 Å². The Bertz CT molecular complexity index is 810. The van der Waals surface area contributed by atoms with E-state index in [0.717, 1.165) is 16.7 Å². The lowest BCUT2D eigenvalue weighted by Crippen LogP contribution is -2.42. The van der Waals surface area contributed by atoms with E-state index in [9.17, 15) is 14.4 Å². The number of hydrogen-bond donors (Lipinski definition) is 0. The summed E-state index contributed by atoms with van der Waals surface area (Å²) in [7, 11) is 0. The van der Waals surface area contributed by atoms with Crippen LogP contribution in [0.3, 0.4) is 0 Å². The molecular formula is C19H22ClNO6S. The zero-order valence-corrected chi connectivity index (χ0v) is 17.7. The molecule has 2 amide bonds. The maximum absolute atomic E-state index is 12.7. The van der Waals surface area contributed by atoms with Crippen LogP contribution in [0.5, 0.6) is 11.5 Å². The van der Waals surface area contributed by atoms with Gasteiger partial charge in [-0.15, -0.1) is 0 Å². The van der Waals surface area contributed by atoms with Gasteiger partial charge in [0.1, 0.15) is 6.04 Å². The molecule has 0 aliphatic carbocycles. The summed E-state index contributed by atoms with van der Waals surface area (Å²) in [6.07, 6.45) is 1.50. The summed E-state index contributed by atoms with van der Waals surface area (Å²) in [4.78, 5) is 37.9. The summed E-state index contributed by atoms with van der Waals surface area (Å²) in [5, 5.41) is -0.193. The number of carbonyl (C=O) groups excluding carboxylic acids is 3. The van der Waals surface area contributed by atoms with Crippen LogP contribution in [0, 0.1) is 0 Å². The van der Waals surface area contributed by atoms with Crippen molar-refractivity contribution in [1.29, 1.82) is 0 Å². The molecule has 1 aliphatic rings. The highest BCUT2D eigenvalue weighted by atomic mass is 35.5. The van der Waals surface area contributed by atoms with Crippen LogP contribution in [0.1, 0.15) is 33.3 Å². The Kier molecular flexibility index (Phi) is 7.77. The fourth-order valence-corrected chi connectivity index (χ4v) is 3.63. The summed E-state index contributed by atoms with van der Waals surface area (Å²) in [6, 6.07) is 2.25. The minimum atomic E-state index is -1.01. The van der Waals surface area contributed by atoms with E-state index >= 15 is 0 Å². The number of rotatable bonds is 8. The Morgan fingerprint density at radius 2 is 1.75 bits per heavy atom. The number of esters is 1. The first-order valence-corrected chi connectivity index (χ1v) is 10.1. The van der Waals surface area contributed by atoms with Crippen LogP contribution in [0.15, 0.2) is 17.0 Å². The second-order valence-electron chi connectivity index (χ2n) is 5.67. The summed E-state index contributed by atoms with van der Waals surface area (Å²) >= 11 is 7.06. The van der Waals surface area contributed by atoms with Crippen molar-refractivity contribution in [2.75, 3.05) is 19.8 Å². The third-order valence-corrected chi connectivity index (χ3v) is 5.00. The van der Waals surface area contributed by atoms with Gasteiger partial charge in [0.05, 0.1) is 29.7 Å². The van der Waals surface area contributed by atoms with E-state index < -0.39 is 23.2 Å². The van der Waals surface area contributed by atoms with Gasteiger partial charge in [-0.3, -0.25) is 14.5 Å². The van der Waals surface area contributed by atoms with E-state index in [1.54, 1.807) is 19.1 Å². The molecule has 1 aromatic rings. The number of hydrogen-bond acceptors (Lipinski definition) is 7. The zero-order valence-electron chi connectivity index (χ0n) is 16.1. The molecular weight excluding hydrogens is 406 g/mol. The van der Waals surface area contributed by atoms with Gasteiger partial charge in [-0.1, -0.05) is 11.6 Å². The topological polar surface area (TPSA) is 82.1 Å². The highest BCUT2D eigenvalue weighted by molar-refractivity contribution is 8.18. The molecule has 1 heterocycles. The van der Waals surface area contributed by atoms with E-state index in [2.05, 4.69) is 0 Å². The lowest BCUT2D eigenvalue weighted by molar-refractivity contribution is -0.150. The van der Waals surface area contributed by atoms with Crippen LogP contribution < -0.4 is 9.47 Å². The van der Waals surface area contributed by atoms with Gasteiger partial charge in [-0.2, -0.15) is 0 Å². The number of amides is 2. The molecule has 0 radical (unpaired) electrons. The Morgan fingerprint density at radius 1 is 1.14 bits per heavy atom. The number of ether oxygens (including phenoxy) is 3. The van der Waals surface area contributed by atoms with Crippen LogP contribution in [0.4, 0.5) is 4.79 Å². The molecule has 0 spiro atoms. The first kappa shape index (κ1) is 22.1. The fourth-order valence-electron chi connectivity index (χ4n) is 2.52. The SMILES string of the molecule is CCOC(=O)C(C)N1C(=O)S/C(=C/c2cc(OCC)c(OCC)cc2Cl)C1=O. The maximum atomic E-state index is 12.7. The molecule has 1 aromatic carbocycles. The van der Waals surface area contributed by atoms with Crippen molar-refractivity contribution >= 4 is 46.6 Å². The van der Waals surface area contributed by atoms with Crippen molar-refractivity contribution in [3.63, 3.8) is 0 Å². The van der Waals surface area contributed by atoms with Gasteiger partial charge in [0.25, 0.3) is 11.1 Å². The fraction of sp³-hybridized carbons (Fsp3) is 0.421. The maximum Gasteiger partial charge on any atom is 0.329 e. The van der Waals surface area contributed by atoms with Gasteiger partial charge in [0, 0.05) is 6.07 Å². The third kappa shape index (κ3) is 4.80. The predicted molar refractivity (Wildman–Crippen MR) is 108 cm³/mol. The minimum Gasteiger partial charge on any atom is -0.490 e. The summed E-state index contributed by atoms with van der Waals surface area (Å²) in [6.45, 7) is 7.83. The minimum absolute atomic E-state index is 0.162. The molecule has 1 fully saturated rings. The molecule has 2 rings (SSSR count). The molecule has 1 saturated heterocycles. The molecule has 1 atom stereocenters. The Balaban J connectivity index is 2.35. The van der Waals surface area contributed by atoms with Crippen LogP contribution in [-0.2, 0) is 14.3 Å². The second-order valence-corrected chi connectivity index (χ2v) is 7.07. The van der Waals surface area contributed by atoms with E-state index in [1.807, 2.05) is 13.8 Å². The average Bonchev–Trinajstić information content (AvgIpc) is 2.92. The van der Waals surface area contributed by atoms with Crippen LogP contribution in [-0.4, -0.2) is 47.9 Å². The molecule has 0 saturated carbocycles. The molecule has 0 N–H and O–H groups in total. The Hall–Kier alpha value is -2.19. The highest BCUT2D eigenvalue weighted by Crippen LogP contribution is 2.38. The monoisotopic (exact) mass is 427 g/mol. The zero-order chi connectivity index (χ0) is 20.8. The Morgan fingerprint density at radius 3 is 2.32 bits per heavy atom. The van der Waals surface area contributed by atoms with Crippen LogP contribution in [0.2, 0.25) is 5.02 Å². The van der Waals surface area contributed by atoms with E-state index in [4.69, 9.17) is 25.8 Å². The van der Waals surface area contributed by atoms with Crippen molar-refractivity contribution in [3.8, 4) is 11.5 Å². The van der Waals surface area contributed by atoms with E-state index in [1.165, 1.54) is 13.0 Å². The third-order valence-electron chi connectivity index (χ3n) is 3.79. The summed E-state index contributed by atoms with van der Waals surface area (Å²) in [5.74, 6) is -0.225. The first-order chi connectivity index (χ1) is 13.3. The molecule has 152 valence electrons. The van der Waals surface area contributed by atoms with Crippen molar-refractivity contribution in [1.82, 2.24) is 4.90 Å². The smallest absolute Gasteiger partial charge is 0.329 e. The standard InChI is InChI=1S/C19H22ClNO6S/c1-5-25-14-8-12(13(20)10-15(14)26-6-2)9-16-17(22)21(19(24)28-16)11(4)18(23)27-7-3/h8-11H,5-7H2,1-4H3/b16-9+. The quantitative estimate of drug-likeness (QED) is 0.455. The number of thioether (sulfide) groups is 1. The van der Waals surface area contributed by atoms with Gasteiger partial charge in [-0.05, 0) is 57.2 Å². The van der Waals surface area contributed by atoms with Crippen LogP contribution >= 0.6 is 23.4 Å². The number of halogens is 1. The molecule has 0 aromatic heterocycles. The Labute approximate surface area is 172 Å². The molecule has 1 aliphatic heterocycles. The first-order valence-electron chi connectivity index (χ1n) is 8.86. The molecule has 1 unspecified atom stereocenters. The van der Waals surface area contributed by atoms with Crippen molar-refractivity contribution < 1.29 is 28.6 Å². The van der Waals surface area contributed by atoms with Gasteiger partial charge in [-0.25, -0.2) is 4.79 Å². The number of benzene rings is 1. The normalized spacial score (nSPS) is 16.5. The van der Waals surface area contributed by atoms with Crippen molar-refractivity contribution in [3.05, 3.63) is 27.6 Å². The average molecular weight is 428 g/mol. The largest absolute Gasteiger partial charge is 0.490 e. The predicted octanol–water partition coefficient (Wildman–Crippen LogP) is 4.13. The molecule has 0 bridgehead atoms. The molecule has 9 heteroatoms. The summed E-state index contributed by atoms with van der Waals surface area (Å²) in [5.41, 5.74) is 0.503. The number of nitrogens with zero attached hydrogens (tertiary/aromatic N) is 1.